The maximum absolute atomic E-state index is 16.3. The molecule has 0 aromatic heterocycles. The summed E-state index contributed by atoms with van der Waals surface area (Å²) < 4.78 is 23.4. The van der Waals surface area contributed by atoms with Crippen LogP contribution in [0.3, 0.4) is 0 Å². The summed E-state index contributed by atoms with van der Waals surface area (Å²) in [7, 11) is 2.14. The molecule has 0 radical (unpaired) electrons. The lowest BCUT2D eigenvalue weighted by Crippen LogP contribution is -2.73. The molecule has 8 aliphatic rings. The smallest absolute Gasteiger partial charge is 0.256 e. The molecule has 4 aliphatic carbocycles. The SMILES string of the molecule is CN1CCCC1CCNC(=O)C1=CN2C3CC4CC5CCCCC5C4CC3OC3C(N4CCC(N)C4)C(F)CC(C1=O)C32. The number of ketones is 1. The number of nitrogens with zero attached hydrogens (tertiary/aromatic N) is 3. The molecular weight excluding hydrogens is 545 g/mol. The third kappa shape index (κ3) is 4.90. The molecule has 7 fully saturated rings. The van der Waals surface area contributed by atoms with E-state index in [-0.39, 0.29) is 60.1 Å². The van der Waals surface area contributed by atoms with Crippen LogP contribution in [0.5, 0.6) is 0 Å². The molecule has 3 N–H and O–H groups in total. The number of amides is 1. The average molecular weight is 598 g/mol. The Balaban J connectivity index is 1.09. The first-order valence-corrected chi connectivity index (χ1v) is 17.7. The summed E-state index contributed by atoms with van der Waals surface area (Å²) in [4.78, 5) is 34.6. The van der Waals surface area contributed by atoms with Crippen LogP contribution >= 0.6 is 0 Å². The number of ether oxygens (including phenoxy) is 1. The summed E-state index contributed by atoms with van der Waals surface area (Å²) in [6.45, 7) is 3.11. The van der Waals surface area contributed by atoms with E-state index >= 15 is 4.39 Å². The van der Waals surface area contributed by atoms with Crippen LogP contribution in [0, 0.1) is 29.6 Å². The number of morpholine rings is 1. The summed E-state index contributed by atoms with van der Waals surface area (Å²) in [5.74, 6) is 1.99. The van der Waals surface area contributed by atoms with E-state index in [1.165, 1.54) is 38.5 Å². The van der Waals surface area contributed by atoms with E-state index in [2.05, 4.69) is 27.1 Å². The molecule has 238 valence electrons. The minimum Gasteiger partial charge on any atom is -0.369 e. The van der Waals surface area contributed by atoms with Crippen LogP contribution in [0.25, 0.3) is 0 Å². The molecule has 4 aliphatic heterocycles. The zero-order valence-electron chi connectivity index (χ0n) is 25.9. The average Bonchev–Trinajstić information content (AvgIpc) is 3.71. The monoisotopic (exact) mass is 597 g/mol. The lowest BCUT2D eigenvalue weighted by molar-refractivity contribution is -0.218. The van der Waals surface area contributed by atoms with Crippen molar-refractivity contribution < 1.29 is 18.7 Å². The van der Waals surface area contributed by atoms with Gasteiger partial charge in [-0.25, -0.2) is 4.39 Å². The Morgan fingerprint density at radius 2 is 1.88 bits per heavy atom. The Bertz CT molecular complexity index is 1140. The van der Waals surface area contributed by atoms with E-state index in [0.717, 1.165) is 57.0 Å². The van der Waals surface area contributed by atoms with Gasteiger partial charge in [-0.15, -0.1) is 0 Å². The minimum absolute atomic E-state index is 0.0135. The number of fused-ring (bicyclic) bond motifs is 5. The Hall–Kier alpha value is -1.55. The third-order valence-electron chi connectivity index (χ3n) is 13.4. The van der Waals surface area contributed by atoms with Crippen LogP contribution < -0.4 is 11.1 Å². The first kappa shape index (κ1) is 28.9. The van der Waals surface area contributed by atoms with Gasteiger partial charge in [0.2, 0.25) is 0 Å². The number of rotatable bonds is 5. The molecule has 4 heterocycles. The molecule has 43 heavy (non-hydrogen) atoms. The molecule has 13 unspecified atom stereocenters. The molecule has 1 amide bonds. The van der Waals surface area contributed by atoms with Gasteiger partial charge in [0.05, 0.1) is 35.9 Å². The predicted molar refractivity (Wildman–Crippen MR) is 162 cm³/mol. The number of nitrogens with one attached hydrogen (secondary N) is 1. The minimum atomic E-state index is -1.18. The molecule has 3 saturated heterocycles. The summed E-state index contributed by atoms with van der Waals surface area (Å²) in [5, 5.41) is 3.08. The van der Waals surface area contributed by atoms with Crippen LogP contribution in [0.15, 0.2) is 11.8 Å². The predicted octanol–water partition coefficient (Wildman–Crippen LogP) is 2.86. The maximum Gasteiger partial charge on any atom is 0.256 e. The lowest BCUT2D eigenvalue weighted by atomic mass is 9.66. The highest BCUT2D eigenvalue weighted by Crippen LogP contribution is 2.57. The van der Waals surface area contributed by atoms with Crippen molar-refractivity contribution in [1.82, 2.24) is 20.0 Å². The van der Waals surface area contributed by atoms with Gasteiger partial charge in [0.25, 0.3) is 5.91 Å². The second-order valence-electron chi connectivity index (χ2n) is 15.6. The van der Waals surface area contributed by atoms with Crippen molar-refractivity contribution >= 4 is 11.7 Å². The van der Waals surface area contributed by atoms with Crippen molar-refractivity contribution in [2.24, 2.45) is 35.3 Å². The number of likely N-dealkylation sites (tertiary alicyclic amines) is 2. The van der Waals surface area contributed by atoms with Crippen LogP contribution in [-0.2, 0) is 14.3 Å². The molecule has 0 aromatic carbocycles. The quantitative estimate of drug-likeness (QED) is 0.471. The number of hydrogen-bond donors (Lipinski definition) is 2. The first-order valence-electron chi connectivity index (χ1n) is 17.7. The summed E-state index contributed by atoms with van der Waals surface area (Å²) >= 11 is 0. The molecule has 8 nitrogen and oxygen atoms in total. The molecule has 4 saturated carbocycles. The number of hydrogen-bond acceptors (Lipinski definition) is 7. The number of halogens is 1. The Kier molecular flexibility index (Phi) is 7.63. The lowest BCUT2D eigenvalue weighted by Gasteiger charge is -2.61. The van der Waals surface area contributed by atoms with Gasteiger partial charge in [0.15, 0.2) is 5.78 Å². The molecule has 0 aromatic rings. The van der Waals surface area contributed by atoms with Gasteiger partial charge in [0, 0.05) is 43.8 Å². The van der Waals surface area contributed by atoms with Gasteiger partial charge < -0.3 is 25.6 Å². The van der Waals surface area contributed by atoms with Crippen LogP contribution in [-0.4, -0.2) is 108 Å². The molecular formula is C34H52FN5O3. The van der Waals surface area contributed by atoms with E-state index < -0.39 is 12.1 Å². The van der Waals surface area contributed by atoms with Crippen LogP contribution in [0.2, 0.25) is 0 Å². The number of carbonyl (C=O) groups excluding carboxylic acids is 2. The normalized spacial score (nSPS) is 47.9. The number of carbonyl (C=O) groups is 2. The number of Topliss-reactive ketones (excluding diaryl/α,β-unsaturated/α-hetero) is 1. The van der Waals surface area contributed by atoms with Gasteiger partial charge in [-0.05, 0) is 95.1 Å². The fourth-order valence-electron chi connectivity index (χ4n) is 11.5. The standard InChI is InChI=1S/C34H52FN5O3/c1-38-11-4-6-22(38)8-10-37-34(42)26-18-40-28-14-20-13-19-5-2-3-7-23(19)24(20)16-29(28)43-33-30(40)25(32(26)41)15-27(35)31(33)39-12-9-21(36)17-39/h18-25,27-31,33H,2-17,36H2,1H3,(H,37,42). The number of nitrogens with two attached hydrogens (primary N) is 1. The van der Waals surface area contributed by atoms with Crippen molar-refractivity contribution in [2.75, 3.05) is 33.2 Å². The van der Waals surface area contributed by atoms with Crippen molar-refractivity contribution in [3.8, 4) is 0 Å². The fraction of sp³-hybridized carbons (Fsp3) is 0.882. The van der Waals surface area contributed by atoms with E-state index in [4.69, 9.17) is 10.5 Å². The van der Waals surface area contributed by atoms with E-state index in [9.17, 15) is 9.59 Å². The van der Waals surface area contributed by atoms with Crippen molar-refractivity contribution in [1.29, 1.82) is 0 Å². The Morgan fingerprint density at radius 3 is 2.67 bits per heavy atom. The summed E-state index contributed by atoms with van der Waals surface area (Å²) in [6, 6.07) is 0.0778. The van der Waals surface area contributed by atoms with Gasteiger partial charge in [-0.3, -0.25) is 14.5 Å². The molecule has 0 spiro atoms. The topological polar surface area (TPSA) is 91.1 Å². The number of alkyl halides is 1. The molecule has 0 bridgehead atoms. The zero-order chi connectivity index (χ0) is 29.4. The van der Waals surface area contributed by atoms with Gasteiger partial charge in [-0.1, -0.05) is 19.3 Å². The van der Waals surface area contributed by atoms with Crippen molar-refractivity contribution in [3.05, 3.63) is 11.8 Å². The van der Waals surface area contributed by atoms with E-state index in [0.29, 0.717) is 31.0 Å². The van der Waals surface area contributed by atoms with Crippen LogP contribution in [0.1, 0.15) is 77.0 Å². The molecule has 9 heteroatoms. The Morgan fingerprint density at radius 1 is 1.02 bits per heavy atom. The van der Waals surface area contributed by atoms with Gasteiger partial charge >= 0.3 is 0 Å². The highest BCUT2D eigenvalue weighted by atomic mass is 19.1. The largest absolute Gasteiger partial charge is 0.369 e. The maximum atomic E-state index is 16.3. The third-order valence-corrected chi connectivity index (χ3v) is 13.4. The van der Waals surface area contributed by atoms with E-state index in [1.54, 1.807) is 0 Å². The highest BCUT2D eigenvalue weighted by Gasteiger charge is 2.62. The van der Waals surface area contributed by atoms with Crippen molar-refractivity contribution in [3.63, 3.8) is 0 Å². The fourth-order valence-corrected chi connectivity index (χ4v) is 11.5. The summed E-state index contributed by atoms with van der Waals surface area (Å²) in [5.41, 5.74) is 6.53. The first-order chi connectivity index (χ1) is 20.9. The Labute approximate surface area is 256 Å². The summed E-state index contributed by atoms with van der Waals surface area (Å²) in [6.07, 6.45) is 13.4. The highest BCUT2D eigenvalue weighted by molar-refractivity contribution is 6.20. The van der Waals surface area contributed by atoms with Gasteiger partial charge in [-0.2, -0.15) is 0 Å². The molecule has 13 atom stereocenters. The van der Waals surface area contributed by atoms with Gasteiger partial charge in [0.1, 0.15) is 6.17 Å². The zero-order valence-corrected chi connectivity index (χ0v) is 25.9. The second kappa shape index (κ2) is 11.4. The second-order valence-corrected chi connectivity index (χ2v) is 15.6. The van der Waals surface area contributed by atoms with Crippen LogP contribution in [0.4, 0.5) is 4.39 Å². The van der Waals surface area contributed by atoms with E-state index in [1.807, 2.05) is 6.20 Å². The van der Waals surface area contributed by atoms with Crippen molar-refractivity contribution in [2.45, 2.75) is 126 Å². The molecule has 8 rings (SSSR count).